The normalized spacial score (nSPS) is 10.8. The number of rotatable bonds is 8. The van der Waals surface area contributed by atoms with Gasteiger partial charge in [0.25, 0.3) is 5.91 Å². The Kier molecular flexibility index (Phi) is 7.74. The Labute approximate surface area is 191 Å². The van der Waals surface area contributed by atoms with E-state index in [0.717, 1.165) is 5.56 Å². The van der Waals surface area contributed by atoms with Crippen LogP contribution in [0.25, 0.3) is 6.08 Å². The summed E-state index contributed by atoms with van der Waals surface area (Å²) in [6.45, 7) is 0.389. The van der Waals surface area contributed by atoms with E-state index in [1.807, 2.05) is 36.4 Å². The Morgan fingerprint density at radius 3 is 2.41 bits per heavy atom. The number of hydrogen-bond acceptors (Lipinski definition) is 5. The number of amides is 1. The molecule has 7 heteroatoms. The van der Waals surface area contributed by atoms with Crippen LogP contribution in [0.1, 0.15) is 11.1 Å². The van der Waals surface area contributed by atoms with Gasteiger partial charge in [0.15, 0.2) is 11.5 Å². The molecule has 3 aromatic rings. The predicted octanol–water partition coefficient (Wildman–Crippen LogP) is 5.48. The first-order valence-corrected chi connectivity index (χ1v) is 10.0. The lowest BCUT2D eigenvalue weighted by Crippen LogP contribution is -2.14. The average Bonchev–Trinajstić information content (AvgIpc) is 2.82. The third-order valence-electron chi connectivity index (χ3n) is 4.51. The van der Waals surface area contributed by atoms with E-state index in [0.29, 0.717) is 40.1 Å². The molecule has 0 saturated heterocycles. The number of anilines is 1. The fraction of sp³-hybridized carbons (Fsp3) is 0.120. The van der Waals surface area contributed by atoms with Crippen LogP contribution in [-0.2, 0) is 11.4 Å². The van der Waals surface area contributed by atoms with Crippen molar-refractivity contribution in [2.24, 2.45) is 0 Å². The number of carbonyl (C=O) groups excluding carboxylic acids is 1. The zero-order valence-electron chi connectivity index (χ0n) is 17.6. The summed E-state index contributed by atoms with van der Waals surface area (Å²) >= 11 is 6.00. The van der Waals surface area contributed by atoms with Gasteiger partial charge in [-0.1, -0.05) is 48.0 Å². The SMILES string of the molecule is COc1ccc(Cl)cc1NC(=O)/C(C#N)=C/c1ccc(OCc2ccccc2)c(OC)c1. The van der Waals surface area contributed by atoms with E-state index in [1.54, 1.807) is 36.4 Å². The Balaban J connectivity index is 1.78. The Hall–Kier alpha value is -3.95. The molecule has 3 aromatic carbocycles. The van der Waals surface area contributed by atoms with Crippen molar-refractivity contribution >= 4 is 29.3 Å². The van der Waals surface area contributed by atoms with E-state index in [4.69, 9.17) is 25.8 Å². The van der Waals surface area contributed by atoms with Gasteiger partial charge in [-0.05, 0) is 47.5 Å². The van der Waals surface area contributed by atoms with E-state index in [1.165, 1.54) is 20.3 Å². The molecule has 0 unspecified atom stereocenters. The second-order valence-corrected chi connectivity index (χ2v) is 7.09. The lowest BCUT2D eigenvalue weighted by Gasteiger charge is -2.12. The predicted molar refractivity (Wildman–Crippen MR) is 124 cm³/mol. The molecule has 0 atom stereocenters. The molecule has 0 aliphatic rings. The molecule has 6 nitrogen and oxygen atoms in total. The number of benzene rings is 3. The van der Waals surface area contributed by atoms with E-state index in [-0.39, 0.29) is 5.57 Å². The number of nitrogens with zero attached hydrogens (tertiary/aromatic N) is 1. The van der Waals surface area contributed by atoms with Gasteiger partial charge in [0.2, 0.25) is 0 Å². The van der Waals surface area contributed by atoms with Gasteiger partial charge in [-0.2, -0.15) is 5.26 Å². The van der Waals surface area contributed by atoms with Crippen molar-refractivity contribution in [1.29, 1.82) is 5.26 Å². The average molecular weight is 449 g/mol. The third kappa shape index (κ3) is 5.81. The molecule has 162 valence electrons. The highest BCUT2D eigenvalue weighted by molar-refractivity contribution is 6.31. The minimum absolute atomic E-state index is 0.0907. The van der Waals surface area contributed by atoms with Crippen molar-refractivity contribution in [3.05, 3.63) is 88.5 Å². The quantitative estimate of drug-likeness (QED) is 0.364. The zero-order valence-corrected chi connectivity index (χ0v) is 18.3. The number of methoxy groups -OCH3 is 2. The van der Waals surface area contributed by atoms with Gasteiger partial charge in [-0.15, -0.1) is 0 Å². The second-order valence-electron chi connectivity index (χ2n) is 6.65. The van der Waals surface area contributed by atoms with Crippen molar-refractivity contribution in [3.63, 3.8) is 0 Å². The molecule has 32 heavy (non-hydrogen) atoms. The second kappa shape index (κ2) is 10.9. The summed E-state index contributed by atoms with van der Waals surface area (Å²) in [5, 5.41) is 12.6. The Morgan fingerprint density at radius 1 is 1.00 bits per heavy atom. The van der Waals surface area contributed by atoms with Crippen molar-refractivity contribution in [2.45, 2.75) is 6.61 Å². The van der Waals surface area contributed by atoms with E-state index in [9.17, 15) is 10.1 Å². The summed E-state index contributed by atoms with van der Waals surface area (Å²) < 4.78 is 16.5. The van der Waals surface area contributed by atoms with Gasteiger partial charge < -0.3 is 19.5 Å². The summed E-state index contributed by atoms with van der Waals surface area (Å²) in [7, 11) is 3.01. The molecule has 0 spiro atoms. The van der Waals surface area contributed by atoms with Crippen LogP contribution in [0, 0.1) is 11.3 Å². The van der Waals surface area contributed by atoms with E-state index >= 15 is 0 Å². The van der Waals surface area contributed by atoms with Crippen molar-refractivity contribution in [1.82, 2.24) is 0 Å². The van der Waals surface area contributed by atoms with Crippen molar-refractivity contribution in [3.8, 4) is 23.3 Å². The first kappa shape index (κ1) is 22.7. The van der Waals surface area contributed by atoms with Gasteiger partial charge >= 0.3 is 0 Å². The largest absolute Gasteiger partial charge is 0.495 e. The lowest BCUT2D eigenvalue weighted by atomic mass is 10.1. The molecular formula is C25H21ClN2O4. The standard InChI is InChI=1S/C25H21ClN2O4/c1-30-22-11-9-20(26)14-21(22)28-25(29)19(15-27)12-18-8-10-23(24(13-18)31-2)32-16-17-6-4-3-5-7-17/h3-14H,16H2,1-2H3,(H,28,29)/b19-12+. The lowest BCUT2D eigenvalue weighted by molar-refractivity contribution is -0.112. The number of halogens is 1. The van der Waals surface area contributed by atoms with Gasteiger partial charge in [-0.25, -0.2) is 0 Å². The van der Waals surface area contributed by atoms with Crippen LogP contribution in [0.5, 0.6) is 17.2 Å². The monoisotopic (exact) mass is 448 g/mol. The van der Waals surface area contributed by atoms with Gasteiger partial charge in [0.05, 0.1) is 19.9 Å². The number of hydrogen-bond donors (Lipinski definition) is 1. The summed E-state index contributed by atoms with van der Waals surface area (Å²) in [5.41, 5.74) is 1.91. The fourth-order valence-electron chi connectivity index (χ4n) is 2.91. The highest BCUT2D eigenvalue weighted by Crippen LogP contribution is 2.31. The Bertz CT molecular complexity index is 1170. The maximum Gasteiger partial charge on any atom is 0.266 e. The van der Waals surface area contributed by atoms with Crippen LogP contribution in [0.3, 0.4) is 0 Å². The molecule has 0 fully saturated rings. The highest BCUT2D eigenvalue weighted by Gasteiger charge is 2.14. The zero-order chi connectivity index (χ0) is 22.9. The molecule has 1 amide bonds. The summed E-state index contributed by atoms with van der Waals surface area (Å²) in [6.07, 6.45) is 1.47. The molecule has 0 radical (unpaired) electrons. The maximum atomic E-state index is 12.7. The van der Waals surface area contributed by atoms with Crippen LogP contribution in [0.2, 0.25) is 5.02 Å². The fourth-order valence-corrected chi connectivity index (χ4v) is 3.08. The van der Waals surface area contributed by atoms with Crippen molar-refractivity contribution in [2.75, 3.05) is 19.5 Å². The van der Waals surface area contributed by atoms with Gasteiger partial charge in [-0.3, -0.25) is 4.79 Å². The molecule has 0 aliphatic heterocycles. The minimum atomic E-state index is -0.587. The van der Waals surface area contributed by atoms with Crippen LogP contribution in [0.15, 0.2) is 72.3 Å². The molecule has 0 aliphatic carbocycles. The van der Waals surface area contributed by atoms with Gasteiger partial charge in [0, 0.05) is 5.02 Å². The molecule has 0 bridgehead atoms. The van der Waals surface area contributed by atoms with Crippen LogP contribution in [0.4, 0.5) is 5.69 Å². The van der Waals surface area contributed by atoms with Crippen LogP contribution in [-0.4, -0.2) is 20.1 Å². The number of ether oxygens (including phenoxy) is 3. The molecule has 0 saturated carbocycles. The van der Waals surface area contributed by atoms with Crippen LogP contribution >= 0.6 is 11.6 Å². The van der Waals surface area contributed by atoms with E-state index in [2.05, 4.69) is 5.32 Å². The molecular weight excluding hydrogens is 428 g/mol. The summed E-state index contributed by atoms with van der Waals surface area (Å²) in [5.74, 6) is 0.891. The highest BCUT2D eigenvalue weighted by atomic mass is 35.5. The number of carbonyl (C=O) groups is 1. The molecule has 0 heterocycles. The van der Waals surface area contributed by atoms with Gasteiger partial charge in [0.1, 0.15) is 24.0 Å². The molecule has 0 aromatic heterocycles. The molecule has 3 rings (SSSR count). The minimum Gasteiger partial charge on any atom is -0.495 e. The van der Waals surface area contributed by atoms with Crippen molar-refractivity contribution < 1.29 is 19.0 Å². The van der Waals surface area contributed by atoms with Crippen LogP contribution < -0.4 is 19.5 Å². The molecule has 1 N–H and O–H groups in total. The summed E-state index contributed by atoms with van der Waals surface area (Å²) in [6, 6.07) is 21.7. The topological polar surface area (TPSA) is 80.6 Å². The number of nitrogens with one attached hydrogen (secondary N) is 1. The first-order valence-electron chi connectivity index (χ1n) is 9.65. The first-order chi connectivity index (χ1) is 15.5. The number of nitriles is 1. The smallest absolute Gasteiger partial charge is 0.266 e. The maximum absolute atomic E-state index is 12.7. The Morgan fingerprint density at radius 2 is 1.72 bits per heavy atom. The summed E-state index contributed by atoms with van der Waals surface area (Å²) in [4.78, 5) is 12.7. The third-order valence-corrected chi connectivity index (χ3v) is 4.75. The van der Waals surface area contributed by atoms with E-state index < -0.39 is 5.91 Å².